The van der Waals surface area contributed by atoms with Crippen molar-refractivity contribution in [2.75, 3.05) is 11.4 Å². The number of anilines is 1. The third-order valence-electron chi connectivity index (χ3n) is 2.68. The normalized spacial score (nSPS) is 12.5. The monoisotopic (exact) mass is 299 g/mol. The lowest BCUT2D eigenvalue weighted by atomic mass is 10.1. The first kappa shape index (κ1) is 14.0. The molecule has 0 spiro atoms. The molecule has 0 saturated heterocycles. The molecular formula is C13H18BrNO2. The van der Waals surface area contributed by atoms with E-state index in [1.165, 1.54) is 0 Å². The van der Waals surface area contributed by atoms with Crippen LogP contribution in [0.1, 0.15) is 20.8 Å². The number of halogens is 1. The Morgan fingerprint density at radius 3 is 2.41 bits per heavy atom. The Labute approximate surface area is 111 Å². The van der Waals surface area contributed by atoms with Crippen molar-refractivity contribution >= 4 is 27.6 Å². The van der Waals surface area contributed by atoms with Crippen LogP contribution in [0.5, 0.6) is 0 Å². The second kappa shape index (κ2) is 6.05. The molecule has 0 aliphatic heterocycles. The minimum Gasteiger partial charge on any atom is -0.481 e. The van der Waals surface area contributed by atoms with Gasteiger partial charge in [0.2, 0.25) is 0 Å². The highest BCUT2D eigenvalue weighted by Gasteiger charge is 2.19. The van der Waals surface area contributed by atoms with Gasteiger partial charge in [-0.25, -0.2) is 0 Å². The number of benzene rings is 1. The predicted octanol–water partition coefficient (Wildman–Crippen LogP) is 3.38. The molecule has 0 aliphatic rings. The highest BCUT2D eigenvalue weighted by atomic mass is 79.9. The fraction of sp³-hybridized carbons (Fsp3) is 0.462. The first-order valence-electron chi connectivity index (χ1n) is 5.67. The number of aliphatic carboxylic acids is 1. The van der Waals surface area contributed by atoms with Crippen molar-refractivity contribution in [2.45, 2.75) is 26.8 Å². The molecule has 1 aromatic carbocycles. The van der Waals surface area contributed by atoms with Crippen LogP contribution < -0.4 is 4.90 Å². The first-order valence-corrected chi connectivity index (χ1v) is 6.46. The quantitative estimate of drug-likeness (QED) is 0.906. The molecule has 1 rings (SSSR count). The minimum atomic E-state index is -0.761. The molecule has 1 N–H and O–H groups in total. The maximum absolute atomic E-state index is 10.9. The SMILES string of the molecule is CC(CN(c1ccccc1Br)C(C)C)C(=O)O. The van der Waals surface area contributed by atoms with Gasteiger partial charge in [0.15, 0.2) is 0 Å². The Balaban J connectivity index is 2.94. The Kier molecular flexibility index (Phi) is 5.00. The molecule has 0 amide bonds. The smallest absolute Gasteiger partial charge is 0.308 e. The molecule has 0 saturated carbocycles. The second-order valence-electron chi connectivity index (χ2n) is 4.44. The molecule has 1 aromatic rings. The zero-order chi connectivity index (χ0) is 13.0. The molecule has 17 heavy (non-hydrogen) atoms. The Morgan fingerprint density at radius 1 is 1.35 bits per heavy atom. The van der Waals surface area contributed by atoms with E-state index in [0.29, 0.717) is 6.54 Å². The van der Waals surface area contributed by atoms with Crippen molar-refractivity contribution in [1.82, 2.24) is 0 Å². The number of para-hydroxylation sites is 1. The molecule has 0 bridgehead atoms. The van der Waals surface area contributed by atoms with Crippen LogP contribution in [0.25, 0.3) is 0 Å². The van der Waals surface area contributed by atoms with Gasteiger partial charge in [-0.2, -0.15) is 0 Å². The summed E-state index contributed by atoms with van der Waals surface area (Å²) in [4.78, 5) is 13.0. The fourth-order valence-corrected chi connectivity index (χ4v) is 2.16. The topological polar surface area (TPSA) is 40.5 Å². The van der Waals surface area contributed by atoms with E-state index in [0.717, 1.165) is 10.2 Å². The maximum Gasteiger partial charge on any atom is 0.308 e. The van der Waals surface area contributed by atoms with Crippen LogP contribution in [0.2, 0.25) is 0 Å². The van der Waals surface area contributed by atoms with E-state index in [2.05, 4.69) is 34.7 Å². The Morgan fingerprint density at radius 2 is 1.94 bits per heavy atom. The zero-order valence-electron chi connectivity index (χ0n) is 10.4. The summed E-state index contributed by atoms with van der Waals surface area (Å²) < 4.78 is 0.992. The van der Waals surface area contributed by atoms with Gasteiger partial charge >= 0.3 is 5.97 Å². The van der Waals surface area contributed by atoms with Crippen LogP contribution in [-0.2, 0) is 4.79 Å². The maximum atomic E-state index is 10.9. The van der Waals surface area contributed by atoms with Gasteiger partial charge in [0.1, 0.15) is 0 Å². The third kappa shape index (κ3) is 3.73. The van der Waals surface area contributed by atoms with Crippen molar-refractivity contribution < 1.29 is 9.90 Å². The van der Waals surface area contributed by atoms with Crippen molar-refractivity contribution in [2.24, 2.45) is 5.92 Å². The van der Waals surface area contributed by atoms with Gasteiger partial charge < -0.3 is 10.0 Å². The van der Waals surface area contributed by atoms with E-state index in [1.54, 1.807) is 6.92 Å². The van der Waals surface area contributed by atoms with Crippen LogP contribution in [0.4, 0.5) is 5.69 Å². The van der Waals surface area contributed by atoms with Crippen LogP contribution >= 0.6 is 15.9 Å². The summed E-state index contributed by atoms with van der Waals surface area (Å²) in [6.45, 7) is 6.37. The average Bonchev–Trinajstić information content (AvgIpc) is 2.26. The van der Waals surface area contributed by atoms with Gasteiger partial charge in [-0.3, -0.25) is 4.79 Å². The minimum absolute atomic E-state index is 0.260. The highest BCUT2D eigenvalue weighted by molar-refractivity contribution is 9.10. The number of carbonyl (C=O) groups is 1. The molecule has 0 radical (unpaired) electrons. The molecular weight excluding hydrogens is 282 g/mol. The number of carboxylic acids is 1. The summed E-state index contributed by atoms with van der Waals surface area (Å²) in [7, 11) is 0. The summed E-state index contributed by atoms with van der Waals surface area (Å²) in [5, 5.41) is 8.99. The van der Waals surface area contributed by atoms with Crippen molar-refractivity contribution in [3.05, 3.63) is 28.7 Å². The van der Waals surface area contributed by atoms with Crippen LogP contribution in [-0.4, -0.2) is 23.7 Å². The zero-order valence-corrected chi connectivity index (χ0v) is 11.9. The van der Waals surface area contributed by atoms with Crippen molar-refractivity contribution in [3.8, 4) is 0 Å². The van der Waals surface area contributed by atoms with E-state index in [4.69, 9.17) is 5.11 Å². The van der Waals surface area contributed by atoms with Crippen LogP contribution in [0.15, 0.2) is 28.7 Å². The predicted molar refractivity (Wildman–Crippen MR) is 73.4 cm³/mol. The number of carboxylic acid groups (broad SMARTS) is 1. The number of nitrogens with zero attached hydrogens (tertiary/aromatic N) is 1. The lowest BCUT2D eigenvalue weighted by molar-refractivity contribution is -0.140. The molecule has 3 nitrogen and oxygen atoms in total. The Hall–Kier alpha value is -1.03. The van der Waals surface area contributed by atoms with Gasteiger partial charge in [0.25, 0.3) is 0 Å². The lowest BCUT2D eigenvalue weighted by Crippen LogP contribution is -2.37. The first-order chi connectivity index (χ1) is 7.93. The average molecular weight is 300 g/mol. The second-order valence-corrected chi connectivity index (χ2v) is 5.29. The van der Waals surface area contributed by atoms with Crippen molar-refractivity contribution in [1.29, 1.82) is 0 Å². The van der Waals surface area contributed by atoms with Crippen LogP contribution in [0, 0.1) is 5.92 Å². The molecule has 0 aromatic heterocycles. The van der Waals surface area contributed by atoms with Crippen LogP contribution in [0.3, 0.4) is 0 Å². The summed E-state index contributed by atoms with van der Waals surface area (Å²) in [6.07, 6.45) is 0. The standard InChI is InChI=1S/C13H18BrNO2/c1-9(2)15(8-10(3)13(16)17)12-7-5-4-6-11(12)14/h4-7,9-10H,8H2,1-3H3,(H,16,17). The number of hydrogen-bond acceptors (Lipinski definition) is 2. The van der Waals surface area contributed by atoms with Gasteiger partial charge in [-0.05, 0) is 41.9 Å². The molecule has 0 fully saturated rings. The van der Waals surface area contributed by atoms with Gasteiger partial charge in [-0.15, -0.1) is 0 Å². The number of hydrogen-bond donors (Lipinski definition) is 1. The summed E-state index contributed by atoms with van der Waals surface area (Å²) >= 11 is 3.50. The molecule has 4 heteroatoms. The molecule has 1 atom stereocenters. The molecule has 94 valence electrons. The van der Waals surface area contributed by atoms with E-state index in [9.17, 15) is 4.79 Å². The Bertz CT molecular complexity index is 393. The molecule has 0 heterocycles. The van der Waals surface area contributed by atoms with E-state index in [1.807, 2.05) is 24.3 Å². The molecule has 1 unspecified atom stereocenters. The third-order valence-corrected chi connectivity index (χ3v) is 3.35. The van der Waals surface area contributed by atoms with Gasteiger partial charge in [0.05, 0.1) is 11.6 Å². The van der Waals surface area contributed by atoms with E-state index >= 15 is 0 Å². The van der Waals surface area contributed by atoms with Gasteiger partial charge in [0, 0.05) is 17.1 Å². The number of rotatable bonds is 5. The van der Waals surface area contributed by atoms with Crippen molar-refractivity contribution in [3.63, 3.8) is 0 Å². The molecule has 0 aliphatic carbocycles. The van der Waals surface area contributed by atoms with E-state index in [-0.39, 0.29) is 12.0 Å². The highest BCUT2D eigenvalue weighted by Crippen LogP contribution is 2.28. The summed E-state index contributed by atoms with van der Waals surface area (Å²) in [5.41, 5.74) is 1.04. The van der Waals surface area contributed by atoms with Gasteiger partial charge in [-0.1, -0.05) is 19.1 Å². The summed E-state index contributed by atoms with van der Waals surface area (Å²) in [6, 6.07) is 8.14. The fourth-order valence-electron chi connectivity index (χ4n) is 1.65. The summed E-state index contributed by atoms with van der Waals surface area (Å²) in [5.74, 6) is -1.15. The largest absolute Gasteiger partial charge is 0.481 e. The lowest BCUT2D eigenvalue weighted by Gasteiger charge is -2.31. The van der Waals surface area contributed by atoms with E-state index < -0.39 is 5.97 Å².